The molecular formula is C10H16N6O2. The van der Waals surface area contributed by atoms with Crippen LogP contribution >= 0.6 is 0 Å². The molecule has 1 amide bonds. The second-order valence-corrected chi connectivity index (χ2v) is 4.56. The van der Waals surface area contributed by atoms with Gasteiger partial charge in [-0.25, -0.2) is 0 Å². The number of aryl methyl sites for hydroxylation is 1. The molecule has 0 bridgehead atoms. The van der Waals surface area contributed by atoms with Gasteiger partial charge in [0.15, 0.2) is 11.7 Å². The fourth-order valence-electron chi connectivity index (χ4n) is 1.90. The van der Waals surface area contributed by atoms with Crippen LogP contribution in [0.4, 0.5) is 0 Å². The quantitative estimate of drug-likeness (QED) is 0.289. The lowest BCUT2D eigenvalue weighted by molar-refractivity contribution is -0.124. The molecule has 1 unspecified atom stereocenters. The summed E-state index contributed by atoms with van der Waals surface area (Å²) in [5.74, 6) is 0.372. The van der Waals surface area contributed by atoms with E-state index in [1.807, 2.05) is 6.92 Å². The fraction of sp³-hybridized carbons (Fsp3) is 0.600. The number of rotatable bonds is 4. The highest BCUT2D eigenvalue weighted by molar-refractivity contribution is 6.09. The van der Waals surface area contributed by atoms with Gasteiger partial charge in [0.05, 0.1) is 6.04 Å². The number of hydrogen-bond donors (Lipinski definition) is 3. The number of nitrogens with one attached hydrogen (secondary N) is 1. The molecule has 1 aliphatic rings. The van der Waals surface area contributed by atoms with Crippen molar-refractivity contribution >= 4 is 11.7 Å². The Bertz CT molecular complexity index is 490. The minimum atomic E-state index is -0.846. The Morgan fingerprint density at radius 1 is 1.72 bits per heavy atom. The molecule has 1 saturated carbocycles. The van der Waals surface area contributed by atoms with Crippen LogP contribution in [-0.4, -0.2) is 31.7 Å². The van der Waals surface area contributed by atoms with Crippen molar-refractivity contribution in [3.8, 4) is 0 Å². The average molecular weight is 252 g/mol. The summed E-state index contributed by atoms with van der Waals surface area (Å²) in [6.07, 6.45) is 2.76. The van der Waals surface area contributed by atoms with Gasteiger partial charge in [-0.15, -0.1) is 10.2 Å². The van der Waals surface area contributed by atoms with Crippen LogP contribution in [0.5, 0.6) is 0 Å². The fourth-order valence-corrected chi connectivity index (χ4v) is 1.90. The van der Waals surface area contributed by atoms with E-state index in [0.717, 1.165) is 0 Å². The summed E-state index contributed by atoms with van der Waals surface area (Å²) in [6.45, 7) is 1.81. The van der Waals surface area contributed by atoms with Gasteiger partial charge in [-0.2, -0.15) is 0 Å². The molecule has 98 valence electrons. The van der Waals surface area contributed by atoms with Crippen molar-refractivity contribution in [2.75, 3.05) is 0 Å². The molecule has 0 saturated heterocycles. The summed E-state index contributed by atoms with van der Waals surface area (Å²) in [5, 5.41) is 22.1. The first-order valence-corrected chi connectivity index (χ1v) is 5.64. The number of hydrogen-bond acceptors (Lipinski definition) is 5. The number of aromatic nitrogens is 3. The molecule has 0 aliphatic heterocycles. The molecule has 8 nitrogen and oxygen atoms in total. The lowest BCUT2D eigenvalue weighted by atomic mass is 10.0. The zero-order valence-electron chi connectivity index (χ0n) is 10.3. The summed E-state index contributed by atoms with van der Waals surface area (Å²) in [6, 6.07) is -0.283. The number of nitrogens with two attached hydrogens (primary N) is 1. The lowest BCUT2D eigenvalue weighted by Crippen LogP contribution is -2.42. The number of amidine groups is 1. The average Bonchev–Trinajstić information content (AvgIpc) is 3.05. The van der Waals surface area contributed by atoms with Gasteiger partial charge in [0.1, 0.15) is 11.7 Å². The molecule has 18 heavy (non-hydrogen) atoms. The number of carbonyl (C=O) groups is 1. The third kappa shape index (κ3) is 1.89. The van der Waals surface area contributed by atoms with Crippen LogP contribution in [0.2, 0.25) is 0 Å². The highest BCUT2D eigenvalue weighted by Crippen LogP contribution is 2.46. The zero-order valence-corrected chi connectivity index (χ0v) is 10.3. The Hall–Kier alpha value is -2.12. The predicted octanol–water partition coefficient (Wildman–Crippen LogP) is -0.481. The predicted molar refractivity (Wildman–Crippen MR) is 62.6 cm³/mol. The first-order valence-electron chi connectivity index (χ1n) is 5.64. The van der Waals surface area contributed by atoms with Crippen LogP contribution in [0, 0.1) is 5.41 Å². The molecule has 0 spiro atoms. The molecule has 1 heterocycles. The molecule has 8 heteroatoms. The van der Waals surface area contributed by atoms with Crippen LogP contribution in [0.15, 0.2) is 11.5 Å². The van der Waals surface area contributed by atoms with E-state index in [2.05, 4.69) is 20.7 Å². The summed E-state index contributed by atoms with van der Waals surface area (Å²) in [5.41, 5.74) is 4.70. The normalized spacial score (nSPS) is 19.3. The van der Waals surface area contributed by atoms with Gasteiger partial charge in [-0.1, -0.05) is 5.16 Å². The zero-order chi connectivity index (χ0) is 13.3. The maximum Gasteiger partial charge on any atom is 0.234 e. The van der Waals surface area contributed by atoms with Crippen molar-refractivity contribution in [1.29, 1.82) is 0 Å². The number of amides is 1. The van der Waals surface area contributed by atoms with E-state index in [0.29, 0.717) is 18.7 Å². The molecular weight excluding hydrogens is 236 g/mol. The second-order valence-electron chi connectivity index (χ2n) is 4.56. The topological polar surface area (TPSA) is 118 Å². The van der Waals surface area contributed by atoms with Crippen LogP contribution in [0.3, 0.4) is 0 Å². The van der Waals surface area contributed by atoms with Gasteiger partial charge in [0.2, 0.25) is 5.91 Å². The van der Waals surface area contributed by atoms with Gasteiger partial charge in [-0.3, -0.25) is 4.79 Å². The Kier molecular flexibility index (Phi) is 2.93. The summed E-state index contributed by atoms with van der Waals surface area (Å²) in [7, 11) is 1.80. The summed E-state index contributed by atoms with van der Waals surface area (Å²) in [4.78, 5) is 12.1. The highest BCUT2D eigenvalue weighted by Gasteiger charge is 2.54. The van der Waals surface area contributed by atoms with Crippen LogP contribution in [0.1, 0.15) is 31.6 Å². The minimum Gasteiger partial charge on any atom is -0.409 e. The molecule has 0 radical (unpaired) electrons. The van der Waals surface area contributed by atoms with Crippen molar-refractivity contribution in [3.05, 3.63) is 12.2 Å². The molecule has 0 aromatic carbocycles. The van der Waals surface area contributed by atoms with Crippen molar-refractivity contribution < 1.29 is 10.0 Å². The van der Waals surface area contributed by atoms with Crippen LogP contribution in [0.25, 0.3) is 0 Å². The van der Waals surface area contributed by atoms with Gasteiger partial charge >= 0.3 is 0 Å². The van der Waals surface area contributed by atoms with E-state index in [-0.39, 0.29) is 17.8 Å². The molecule has 1 aromatic heterocycles. The van der Waals surface area contributed by atoms with Crippen LogP contribution < -0.4 is 11.1 Å². The summed E-state index contributed by atoms with van der Waals surface area (Å²) >= 11 is 0. The lowest BCUT2D eigenvalue weighted by Gasteiger charge is -2.18. The van der Waals surface area contributed by atoms with E-state index >= 15 is 0 Å². The van der Waals surface area contributed by atoms with Crippen LogP contribution in [-0.2, 0) is 11.8 Å². The van der Waals surface area contributed by atoms with E-state index in [4.69, 9.17) is 10.9 Å². The molecule has 4 N–H and O–H groups in total. The Labute approximate surface area is 104 Å². The molecule has 1 fully saturated rings. The second kappa shape index (κ2) is 4.28. The maximum absolute atomic E-state index is 12.1. The third-order valence-corrected chi connectivity index (χ3v) is 3.26. The van der Waals surface area contributed by atoms with E-state index in [1.54, 1.807) is 17.9 Å². The van der Waals surface area contributed by atoms with Gasteiger partial charge < -0.3 is 20.8 Å². The first kappa shape index (κ1) is 12.3. The van der Waals surface area contributed by atoms with Crippen molar-refractivity contribution in [2.45, 2.75) is 25.8 Å². The standard InChI is InChI=1S/C10H16N6O2/c1-6(7-14-12-5-16(7)2)13-9(17)10(3-4-10)8(11)15-18/h5-6,18H,3-4H2,1-2H3,(H2,11,15)(H,13,17). The smallest absolute Gasteiger partial charge is 0.234 e. The Morgan fingerprint density at radius 3 is 2.83 bits per heavy atom. The molecule has 1 aromatic rings. The number of nitrogens with zero attached hydrogens (tertiary/aromatic N) is 4. The van der Waals surface area contributed by atoms with Crippen molar-refractivity contribution in [3.63, 3.8) is 0 Å². The van der Waals surface area contributed by atoms with Crippen molar-refractivity contribution in [2.24, 2.45) is 23.4 Å². The van der Waals surface area contributed by atoms with Crippen molar-refractivity contribution in [1.82, 2.24) is 20.1 Å². The number of carbonyl (C=O) groups excluding carboxylic acids is 1. The minimum absolute atomic E-state index is 0.0369. The SMILES string of the molecule is CC(NC(=O)C1(C(N)=NO)CC1)c1nncn1C. The Morgan fingerprint density at radius 2 is 2.39 bits per heavy atom. The molecule has 1 aliphatic carbocycles. The first-order chi connectivity index (χ1) is 8.51. The molecule has 2 rings (SSSR count). The van der Waals surface area contributed by atoms with Gasteiger partial charge in [-0.05, 0) is 19.8 Å². The van der Waals surface area contributed by atoms with Gasteiger partial charge in [0, 0.05) is 7.05 Å². The van der Waals surface area contributed by atoms with E-state index in [1.165, 1.54) is 0 Å². The Balaban J connectivity index is 2.07. The maximum atomic E-state index is 12.1. The molecule has 1 atom stereocenters. The highest BCUT2D eigenvalue weighted by atomic mass is 16.4. The van der Waals surface area contributed by atoms with Gasteiger partial charge in [0.25, 0.3) is 0 Å². The van der Waals surface area contributed by atoms with E-state index < -0.39 is 5.41 Å². The van der Waals surface area contributed by atoms with E-state index in [9.17, 15) is 4.79 Å². The number of oxime groups is 1. The third-order valence-electron chi connectivity index (χ3n) is 3.26. The monoisotopic (exact) mass is 252 g/mol. The summed E-state index contributed by atoms with van der Waals surface area (Å²) < 4.78 is 1.73. The largest absolute Gasteiger partial charge is 0.409 e.